The molecule has 170 valence electrons. The Hall–Kier alpha value is -4.92. The van der Waals surface area contributed by atoms with E-state index in [1.54, 1.807) is 31.0 Å². The van der Waals surface area contributed by atoms with Crippen molar-refractivity contribution in [3.05, 3.63) is 73.4 Å². The van der Waals surface area contributed by atoms with Crippen molar-refractivity contribution < 1.29 is 4.79 Å². The summed E-state index contributed by atoms with van der Waals surface area (Å²) in [5, 5.41) is 11.4. The van der Waals surface area contributed by atoms with E-state index >= 15 is 0 Å². The number of anilines is 1. The maximum atomic E-state index is 11.8. The van der Waals surface area contributed by atoms with Crippen molar-refractivity contribution in [2.75, 3.05) is 5.32 Å². The average Bonchev–Trinajstić information content (AvgIpc) is 3.53. The number of fused-ring (bicyclic) bond motifs is 2. The SMILES string of the molecule is CCC(=O)Nc1cncc(-c2ccc3[nH]nc(-c4cc5c(-c6ccncc6)ccnc5[nH]4)c3n2)c1. The van der Waals surface area contributed by atoms with Gasteiger partial charge in [-0.1, -0.05) is 6.92 Å². The number of hydrogen-bond acceptors (Lipinski definition) is 6. The van der Waals surface area contributed by atoms with Crippen molar-refractivity contribution in [3.63, 3.8) is 0 Å². The maximum absolute atomic E-state index is 11.8. The first-order chi connectivity index (χ1) is 17.2. The molecule has 0 atom stereocenters. The fourth-order valence-electron chi connectivity index (χ4n) is 4.08. The van der Waals surface area contributed by atoms with Crippen LogP contribution in [0.5, 0.6) is 0 Å². The van der Waals surface area contributed by atoms with Crippen LogP contribution in [0.2, 0.25) is 0 Å². The molecular weight excluding hydrogens is 440 g/mol. The molecule has 6 rings (SSSR count). The second-order valence-corrected chi connectivity index (χ2v) is 8.07. The van der Waals surface area contributed by atoms with Gasteiger partial charge in [-0.3, -0.25) is 19.9 Å². The number of aromatic nitrogens is 7. The van der Waals surface area contributed by atoms with Crippen molar-refractivity contribution in [2.45, 2.75) is 13.3 Å². The van der Waals surface area contributed by atoms with Gasteiger partial charge in [0, 0.05) is 42.2 Å². The second kappa shape index (κ2) is 8.45. The zero-order chi connectivity index (χ0) is 23.8. The van der Waals surface area contributed by atoms with E-state index in [0.717, 1.165) is 50.1 Å². The Morgan fingerprint density at radius 1 is 0.971 bits per heavy atom. The van der Waals surface area contributed by atoms with Crippen molar-refractivity contribution in [1.29, 1.82) is 0 Å². The molecule has 0 fully saturated rings. The molecule has 0 aliphatic carbocycles. The number of amides is 1. The van der Waals surface area contributed by atoms with Crippen LogP contribution >= 0.6 is 0 Å². The van der Waals surface area contributed by atoms with Gasteiger partial charge in [-0.15, -0.1) is 0 Å². The molecule has 0 unspecified atom stereocenters. The summed E-state index contributed by atoms with van der Waals surface area (Å²) < 4.78 is 0. The monoisotopic (exact) mass is 460 g/mol. The molecule has 3 N–H and O–H groups in total. The second-order valence-electron chi connectivity index (χ2n) is 8.07. The smallest absolute Gasteiger partial charge is 0.224 e. The highest BCUT2D eigenvalue weighted by Crippen LogP contribution is 2.33. The van der Waals surface area contributed by atoms with Crippen LogP contribution in [-0.2, 0) is 4.79 Å². The fraction of sp³-hybridized carbons (Fsp3) is 0.0769. The van der Waals surface area contributed by atoms with Gasteiger partial charge in [0.15, 0.2) is 0 Å². The summed E-state index contributed by atoms with van der Waals surface area (Å²) in [6.45, 7) is 1.81. The first-order valence-corrected chi connectivity index (χ1v) is 11.2. The zero-order valence-corrected chi connectivity index (χ0v) is 18.8. The lowest BCUT2D eigenvalue weighted by Gasteiger charge is -2.06. The van der Waals surface area contributed by atoms with Crippen molar-refractivity contribution in [2.24, 2.45) is 0 Å². The van der Waals surface area contributed by atoms with E-state index in [-0.39, 0.29) is 5.91 Å². The molecule has 0 radical (unpaired) electrons. The molecule has 6 heterocycles. The molecule has 6 aromatic heterocycles. The number of hydrogen-bond donors (Lipinski definition) is 3. The van der Waals surface area contributed by atoms with Crippen molar-refractivity contribution >= 4 is 33.7 Å². The normalized spacial score (nSPS) is 11.2. The predicted molar refractivity (Wildman–Crippen MR) is 134 cm³/mol. The Balaban J connectivity index is 1.43. The van der Waals surface area contributed by atoms with E-state index < -0.39 is 0 Å². The summed E-state index contributed by atoms with van der Waals surface area (Å²) in [4.78, 5) is 32.9. The highest BCUT2D eigenvalue weighted by Gasteiger charge is 2.16. The van der Waals surface area contributed by atoms with Crippen molar-refractivity contribution in [3.8, 4) is 33.8 Å². The lowest BCUT2D eigenvalue weighted by molar-refractivity contribution is -0.115. The Labute approximate surface area is 199 Å². The summed E-state index contributed by atoms with van der Waals surface area (Å²) in [5.74, 6) is -0.0666. The third-order valence-corrected chi connectivity index (χ3v) is 5.82. The maximum Gasteiger partial charge on any atom is 0.224 e. The fourth-order valence-corrected chi connectivity index (χ4v) is 4.08. The van der Waals surface area contributed by atoms with Crippen LogP contribution in [0.1, 0.15) is 13.3 Å². The standard InChI is InChI=1S/C26H20N8O/c1-2-23(35)30-17-11-16(13-28-14-17)20-3-4-21-24(31-20)25(34-33-21)22-12-19-18(7-10-29-26(19)32-22)15-5-8-27-9-6-15/h3-14H,2H2,1H3,(H,29,32)(H,30,35)(H,33,34). The molecule has 9 nitrogen and oxygen atoms in total. The van der Waals surface area contributed by atoms with Gasteiger partial charge >= 0.3 is 0 Å². The molecule has 0 aliphatic rings. The van der Waals surface area contributed by atoms with Crippen LogP contribution in [0.3, 0.4) is 0 Å². The van der Waals surface area contributed by atoms with E-state index in [4.69, 9.17) is 4.98 Å². The molecule has 0 aromatic carbocycles. The molecule has 1 amide bonds. The van der Waals surface area contributed by atoms with E-state index in [0.29, 0.717) is 17.8 Å². The van der Waals surface area contributed by atoms with E-state index in [2.05, 4.69) is 35.5 Å². The summed E-state index contributed by atoms with van der Waals surface area (Å²) in [5.41, 5.74) is 8.10. The van der Waals surface area contributed by atoms with Gasteiger partial charge in [0.05, 0.1) is 28.8 Å². The Bertz CT molecular complexity index is 1690. The minimum Gasteiger partial charge on any atom is -0.338 e. The molecule has 0 aliphatic heterocycles. The number of pyridine rings is 4. The molecule has 0 saturated heterocycles. The van der Waals surface area contributed by atoms with Crippen LogP contribution in [0.25, 0.3) is 55.8 Å². The van der Waals surface area contributed by atoms with Crippen LogP contribution in [0.4, 0.5) is 5.69 Å². The zero-order valence-electron chi connectivity index (χ0n) is 18.8. The first kappa shape index (κ1) is 20.7. The molecule has 0 spiro atoms. The van der Waals surface area contributed by atoms with Crippen LogP contribution in [0, 0.1) is 0 Å². The minimum absolute atomic E-state index is 0.0666. The van der Waals surface area contributed by atoms with Gasteiger partial charge in [0.1, 0.15) is 16.9 Å². The summed E-state index contributed by atoms with van der Waals surface area (Å²) >= 11 is 0. The van der Waals surface area contributed by atoms with Crippen molar-refractivity contribution in [1.82, 2.24) is 35.1 Å². The Morgan fingerprint density at radius 3 is 2.71 bits per heavy atom. The van der Waals surface area contributed by atoms with Gasteiger partial charge in [-0.2, -0.15) is 5.10 Å². The summed E-state index contributed by atoms with van der Waals surface area (Å²) in [7, 11) is 0. The lowest BCUT2D eigenvalue weighted by atomic mass is 10.1. The molecular formula is C26H20N8O. The highest BCUT2D eigenvalue weighted by atomic mass is 16.1. The lowest BCUT2D eigenvalue weighted by Crippen LogP contribution is -2.09. The number of carbonyl (C=O) groups is 1. The average molecular weight is 461 g/mol. The molecule has 6 aromatic rings. The summed E-state index contributed by atoms with van der Waals surface area (Å²) in [6, 6.07) is 13.7. The molecule has 35 heavy (non-hydrogen) atoms. The van der Waals surface area contributed by atoms with Crippen LogP contribution in [-0.4, -0.2) is 41.0 Å². The Morgan fingerprint density at radius 2 is 1.86 bits per heavy atom. The topological polar surface area (TPSA) is 125 Å². The van der Waals surface area contributed by atoms with Crippen LogP contribution in [0.15, 0.2) is 73.4 Å². The molecule has 0 bridgehead atoms. The largest absolute Gasteiger partial charge is 0.338 e. The minimum atomic E-state index is -0.0666. The number of nitrogens with zero attached hydrogens (tertiary/aromatic N) is 5. The van der Waals surface area contributed by atoms with Crippen LogP contribution < -0.4 is 5.32 Å². The number of carbonyl (C=O) groups excluding carboxylic acids is 1. The summed E-state index contributed by atoms with van der Waals surface area (Å²) in [6.07, 6.45) is 9.09. The van der Waals surface area contributed by atoms with Gasteiger partial charge in [-0.05, 0) is 53.6 Å². The van der Waals surface area contributed by atoms with E-state index in [9.17, 15) is 4.79 Å². The number of H-pyrrole nitrogens is 2. The number of nitrogens with one attached hydrogen (secondary N) is 3. The predicted octanol–water partition coefficient (Wildman–Crippen LogP) is 4.97. The number of rotatable bonds is 5. The number of aromatic amines is 2. The van der Waals surface area contributed by atoms with Gasteiger partial charge in [0.25, 0.3) is 0 Å². The quantitative estimate of drug-likeness (QED) is 0.333. The van der Waals surface area contributed by atoms with E-state index in [1.807, 2.05) is 49.4 Å². The third kappa shape index (κ3) is 3.78. The van der Waals surface area contributed by atoms with Gasteiger partial charge < -0.3 is 10.3 Å². The molecule has 9 heteroatoms. The molecule has 0 saturated carbocycles. The Kier molecular flexibility index (Phi) is 4.99. The first-order valence-electron chi connectivity index (χ1n) is 11.2. The van der Waals surface area contributed by atoms with Gasteiger partial charge in [-0.25, -0.2) is 9.97 Å². The third-order valence-electron chi connectivity index (χ3n) is 5.82. The van der Waals surface area contributed by atoms with E-state index in [1.165, 1.54) is 0 Å². The highest BCUT2D eigenvalue weighted by molar-refractivity contribution is 5.99. The van der Waals surface area contributed by atoms with Gasteiger partial charge in [0.2, 0.25) is 5.91 Å².